The molecule has 0 saturated heterocycles. The number of aliphatic carboxylic acids is 1. The van der Waals surface area contributed by atoms with E-state index in [9.17, 15) is 9.59 Å². The van der Waals surface area contributed by atoms with E-state index >= 15 is 0 Å². The molecule has 5 nitrogen and oxygen atoms in total. The monoisotopic (exact) mass is 236 g/mol. The van der Waals surface area contributed by atoms with Gasteiger partial charge in [-0.2, -0.15) is 0 Å². The van der Waals surface area contributed by atoms with Crippen molar-refractivity contribution >= 4 is 17.6 Å². The minimum Gasteiger partial charge on any atom is -0.480 e. The van der Waals surface area contributed by atoms with Crippen molar-refractivity contribution in [2.24, 2.45) is 11.7 Å². The molecule has 0 aliphatic rings. The van der Waals surface area contributed by atoms with Crippen LogP contribution in [0.3, 0.4) is 0 Å². The average Bonchev–Trinajstić information content (AvgIpc) is 2.35. The summed E-state index contributed by atoms with van der Waals surface area (Å²) in [5, 5.41) is 8.82. The Bertz CT molecular complexity index is 392. The fourth-order valence-electron chi connectivity index (χ4n) is 1.41. The van der Waals surface area contributed by atoms with Crippen molar-refractivity contribution in [1.82, 2.24) is 0 Å². The van der Waals surface area contributed by atoms with Gasteiger partial charge in [0.05, 0.1) is 0 Å². The molecule has 0 fully saturated rings. The maximum absolute atomic E-state index is 12.0. The van der Waals surface area contributed by atoms with E-state index in [-0.39, 0.29) is 19.0 Å². The summed E-state index contributed by atoms with van der Waals surface area (Å²) in [6.07, 6.45) is 0. The Morgan fingerprint density at radius 1 is 1.35 bits per heavy atom. The normalized spacial score (nSPS) is 11.9. The molecular formula is C12H16N2O3. The molecule has 5 heteroatoms. The lowest BCUT2D eigenvalue weighted by Crippen LogP contribution is -2.41. The number of benzene rings is 1. The number of carbonyl (C=O) groups excluding carboxylic acids is 1. The number of carboxylic acids is 1. The molecule has 0 saturated carbocycles. The highest BCUT2D eigenvalue weighted by Crippen LogP contribution is 2.15. The summed E-state index contributed by atoms with van der Waals surface area (Å²) < 4.78 is 0. The van der Waals surface area contributed by atoms with Crippen LogP contribution in [0.2, 0.25) is 0 Å². The molecular weight excluding hydrogens is 220 g/mol. The first-order valence-electron chi connectivity index (χ1n) is 5.34. The van der Waals surface area contributed by atoms with E-state index in [1.54, 1.807) is 37.3 Å². The van der Waals surface area contributed by atoms with Gasteiger partial charge < -0.3 is 15.7 Å². The quantitative estimate of drug-likeness (QED) is 0.788. The van der Waals surface area contributed by atoms with E-state index < -0.39 is 11.9 Å². The van der Waals surface area contributed by atoms with Crippen molar-refractivity contribution in [3.05, 3.63) is 30.3 Å². The second kappa shape index (κ2) is 6.00. The van der Waals surface area contributed by atoms with Gasteiger partial charge in [0, 0.05) is 18.2 Å². The molecule has 0 heterocycles. The van der Waals surface area contributed by atoms with Crippen molar-refractivity contribution < 1.29 is 14.7 Å². The predicted molar refractivity (Wildman–Crippen MR) is 64.6 cm³/mol. The van der Waals surface area contributed by atoms with Crippen LogP contribution in [0.1, 0.15) is 6.92 Å². The maximum Gasteiger partial charge on any atom is 0.323 e. The van der Waals surface area contributed by atoms with Crippen LogP contribution in [0.4, 0.5) is 5.69 Å². The molecule has 1 rings (SSSR count). The Hall–Kier alpha value is -1.88. The minimum atomic E-state index is -1.05. The first kappa shape index (κ1) is 13.2. The predicted octanol–water partition coefficient (Wildman–Crippen LogP) is 0.699. The van der Waals surface area contributed by atoms with Gasteiger partial charge in [0.2, 0.25) is 5.91 Å². The van der Waals surface area contributed by atoms with E-state index in [1.165, 1.54) is 4.90 Å². The molecule has 1 unspecified atom stereocenters. The smallest absolute Gasteiger partial charge is 0.323 e. The number of nitrogens with zero attached hydrogens (tertiary/aromatic N) is 1. The Morgan fingerprint density at radius 3 is 2.41 bits per heavy atom. The second-order valence-electron chi connectivity index (χ2n) is 3.79. The zero-order valence-electron chi connectivity index (χ0n) is 9.67. The lowest BCUT2D eigenvalue weighted by atomic mass is 10.1. The minimum absolute atomic E-state index is 0.196. The van der Waals surface area contributed by atoms with Gasteiger partial charge in [0.15, 0.2) is 0 Å². The third kappa shape index (κ3) is 3.57. The van der Waals surface area contributed by atoms with Crippen LogP contribution >= 0.6 is 0 Å². The summed E-state index contributed by atoms with van der Waals surface area (Å²) >= 11 is 0. The topological polar surface area (TPSA) is 83.6 Å². The Labute approximate surface area is 99.8 Å². The van der Waals surface area contributed by atoms with Crippen LogP contribution in [0.5, 0.6) is 0 Å². The van der Waals surface area contributed by atoms with Gasteiger partial charge in [-0.25, -0.2) is 0 Å². The highest BCUT2D eigenvalue weighted by atomic mass is 16.4. The summed E-state index contributed by atoms with van der Waals surface area (Å²) in [4.78, 5) is 24.0. The van der Waals surface area contributed by atoms with E-state index in [0.29, 0.717) is 5.69 Å². The first-order valence-corrected chi connectivity index (χ1v) is 5.34. The third-order valence-electron chi connectivity index (χ3n) is 2.40. The highest BCUT2D eigenvalue weighted by Gasteiger charge is 2.22. The standard InChI is InChI=1S/C12H16N2O3/c1-9(7-13)12(17)14(8-11(15)16)10-5-3-2-4-6-10/h2-6,9H,7-8,13H2,1H3,(H,15,16). The van der Waals surface area contributed by atoms with Crippen LogP contribution in [0.25, 0.3) is 0 Å². The number of nitrogens with two attached hydrogens (primary N) is 1. The van der Waals surface area contributed by atoms with Crippen LogP contribution in [-0.2, 0) is 9.59 Å². The number of hydrogen-bond donors (Lipinski definition) is 2. The molecule has 0 aliphatic carbocycles. The molecule has 17 heavy (non-hydrogen) atoms. The fourth-order valence-corrected chi connectivity index (χ4v) is 1.41. The Balaban J connectivity index is 2.96. The van der Waals surface area contributed by atoms with E-state index in [1.807, 2.05) is 0 Å². The van der Waals surface area contributed by atoms with Gasteiger partial charge in [0.1, 0.15) is 6.54 Å². The number of para-hydroxylation sites is 1. The van der Waals surface area contributed by atoms with Crippen molar-refractivity contribution in [2.45, 2.75) is 6.92 Å². The van der Waals surface area contributed by atoms with Crippen LogP contribution in [-0.4, -0.2) is 30.1 Å². The third-order valence-corrected chi connectivity index (χ3v) is 2.40. The largest absolute Gasteiger partial charge is 0.480 e. The van der Waals surface area contributed by atoms with Gasteiger partial charge in [0.25, 0.3) is 0 Å². The molecule has 3 N–H and O–H groups in total. The number of anilines is 1. The molecule has 0 aliphatic heterocycles. The Morgan fingerprint density at radius 2 is 1.94 bits per heavy atom. The number of amides is 1. The first-order chi connectivity index (χ1) is 8.06. The van der Waals surface area contributed by atoms with Crippen molar-refractivity contribution in [3.63, 3.8) is 0 Å². The van der Waals surface area contributed by atoms with Gasteiger partial charge in [-0.3, -0.25) is 9.59 Å². The number of rotatable bonds is 5. The van der Waals surface area contributed by atoms with Gasteiger partial charge in [-0.15, -0.1) is 0 Å². The molecule has 92 valence electrons. The molecule has 1 atom stereocenters. The van der Waals surface area contributed by atoms with Gasteiger partial charge in [-0.1, -0.05) is 25.1 Å². The van der Waals surface area contributed by atoms with Crippen LogP contribution in [0.15, 0.2) is 30.3 Å². The van der Waals surface area contributed by atoms with Crippen LogP contribution < -0.4 is 10.6 Å². The van der Waals surface area contributed by atoms with E-state index in [2.05, 4.69) is 0 Å². The highest BCUT2D eigenvalue weighted by molar-refractivity contribution is 5.98. The SMILES string of the molecule is CC(CN)C(=O)N(CC(=O)O)c1ccccc1. The fraction of sp³-hybridized carbons (Fsp3) is 0.333. The van der Waals surface area contributed by atoms with Crippen molar-refractivity contribution in [1.29, 1.82) is 0 Å². The second-order valence-corrected chi connectivity index (χ2v) is 3.79. The maximum atomic E-state index is 12.0. The summed E-state index contributed by atoms with van der Waals surface area (Å²) in [7, 11) is 0. The van der Waals surface area contributed by atoms with Crippen LogP contribution in [0, 0.1) is 5.92 Å². The summed E-state index contributed by atoms with van der Waals surface area (Å²) in [5.41, 5.74) is 5.99. The summed E-state index contributed by atoms with van der Waals surface area (Å²) in [6.45, 7) is 1.52. The number of carbonyl (C=O) groups is 2. The molecule has 0 spiro atoms. The van der Waals surface area contributed by atoms with E-state index in [0.717, 1.165) is 0 Å². The molecule has 1 aromatic carbocycles. The molecule has 0 aromatic heterocycles. The van der Waals surface area contributed by atoms with Gasteiger partial charge in [-0.05, 0) is 12.1 Å². The Kier molecular flexibility index (Phi) is 4.66. The van der Waals surface area contributed by atoms with E-state index in [4.69, 9.17) is 10.8 Å². The lowest BCUT2D eigenvalue weighted by Gasteiger charge is -2.23. The van der Waals surface area contributed by atoms with Crippen molar-refractivity contribution in [3.8, 4) is 0 Å². The summed E-state index contributed by atoms with van der Waals surface area (Å²) in [6, 6.07) is 8.71. The number of carboxylic acid groups (broad SMARTS) is 1. The molecule has 0 bridgehead atoms. The lowest BCUT2D eigenvalue weighted by molar-refractivity contribution is -0.137. The van der Waals surface area contributed by atoms with Crippen molar-refractivity contribution in [2.75, 3.05) is 18.0 Å². The zero-order valence-corrected chi connectivity index (χ0v) is 9.67. The molecule has 1 amide bonds. The summed E-state index contributed by atoms with van der Waals surface area (Å²) in [5.74, 6) is -1.72. The number of hydrogen-bond acceptors (Lipinski definition) is 3. The molecule has 1 aromatic rings. The average molecular weight is 236 g/mol. The van der Waals surface area contributed by atoms with Gasteiger partial charge >= 0.3 is 5.97 Å². The zero-order chi connectivity index (χ0) is 12.8. The molecule has 0 radical (unpaired) electrons.